The molecule has 1 aromatic carbocycles. The molecule has 0 bridgehead atoms. The van der Waals surface area contributed by atoms with Crippen LogP contribution in [-0.2, 0) is 18.3 Å². The van der Waals surface area contributed by atoms with Gasteiger partial charge in [0.25, 0.3) is 0 Å². The summed E-state index contributed by atoms with van der Waals surface area (Å²) in [6, 6.07) is 8.17. The van der Waals surface area contributed by atoms with E-state index in [2.05, 4.69) is 27.5 Å². The first kappa shape index (κ1) is 12.6. The Hall–Kier alpha value is -1.81. The van der Waals surface area contributed by atoms with Gasteiger partial charge in [-0.05, 0) is 25.1 Å². The van der Waals surface area contributed by atoms with Crippen LogP contribution in [0.1, 0.15) is 12.2 Å². The van der Waals surface area contributed by atoms with E-state index < -0.39 is 0 Å². The van der Waals surface area contributed by atoms with Gasteiger partial charge < -0.3 is 14.6 Å². The standard InChI is InChI=1S/C14H19N3O/c1-3-18-10-6-9-15-11-14-16-12-7-4-5-8-13(12)17(14)2/h3-5,7-8,15H,1,6,9-11H2,2H3. The summed E-state index contributed by atoms with van der Waals surface area (Å²) in [6.45, 7) is 5.90. The third kappa shape index (κ3) is 2.90. The van der Waals surface area contributed by atoms with E-state index in [0.717, 1.165) is 30.9 Å². The fourth-order valence-electron chi connectivity index (χ4n) is 1.92. The van der Waals surface area contributed by atoms with Crippen molar-refractivity contribution in [3.05, 3.63) is 42.9 Å². The molecule has 0 unspecified atom stereocenters. The van der Waals surface area contributed by atoms with Crippen molar-refractivity contribution in [2.75, 3.05) is 13.2 Å². The first-order chi connectivity index (χ1) is 8.83. The van der Waals surface area contributed by atoms with Crippen LogP contribution >= 0.6 is 0 Å². The first-order valence-electron chi connectivity index (χ1n) is 6.16. The Bertz CT molecular complexity index is 519. The van der Waals surface area contributed by atoms with Gasteiger partial charge in [-0.1, -0.05) is 18.7 Å². The summed E-state index contributed by atoms with van der Waals surface area (Å²) in [5.41, 5.74) is 2.22. The van der Waals surface area contributed by atoms with Crippen molar-refractivity contribution in [2.45, 2.75) is 13.0 Å². The third-order valence-electron chi connectivity index (χ3n) is 2.90. The normalized spacial score (nSPS) is 10.7. The average molecular weight is 245 g/mol. The van der Waals surface area contributed by atoms with Gasteiger partial charge in [0.1, 0.15) is 5.82 Å². The van der Waals surface area contributed by atoms with Gasteiger partial charge >= 0.3 is 0 Å². The maximum Gasteiger partial charge on any atom is 0.123 e. The second-order valence-corrected chi connectivity index (χ2v) is 4.14. The van der Waals surface area contributed by atoms with Crippen molar-refractivity contribution < 1.29 is 4.74 Å². The molecule has 18 heavy (non-hydrogen) atoms. The number of aromatic nitrogens is 2. The summed E-state index contributed by atoms with van der Waals surface area (Å²) in [7, 11) is 2.05. The van der Waals surface area contributed by atoms with Gasteiger partial charge in [-0.15, -0.1) is 0 Å². The molecule has 1 N–H and O–H groups in total. The lowest BCUT2D eigenvalue weighted by atomic mass is 10.3. The topological polar surface area (TPSA) is 39.1 Å². The minimum absolute atomic E-state index is 0.707. The molecule has 0 radical (unpaired) electrons. The van der Waals surface area contributed by atoms with Crippen LogP contribution in [0.15, 0.2) is 37.1 Å². The molecule has 96 valence electrons. The third-order valence-corrected chi connectivity index (χ3v) is 2.90. The van der Waals surface area contributed by atoms with Crippen molar-refractivity contribution in [1.82, 2.24) is 14.9 Å². The Morgan fingerprint density at radius 1 is 1.44 bits per heavy atom. The molecule has 1 heterocycles. The van der Waals surface area contributed by atoms with Crippen LogP contribution in [0.4, 0.5) is 0 Å². The number of fused-ring (bicyclic) bond motifs is 1. The lowest BCUT2D eigenvalue weighted by Crippen LogP contribution is -2.18. The Morgan fingerprint density at radius 2 is 2.28 bits per heavy atom. The van der Waals surface area contributed by atoms with Crippen LogP contribution in [0.25, 0.3) is 11.0 Å². The summed E-state index contributed by atoms with van der Waals surface area (Å²) >= 11 is 0. The number of hydrogen-bond acceptors (Lipinski definition) is 3. The molecule has 0 saturated heterocycles. The number of hydrogen-bond donors (Lipinski definition) is 1. The SMILES string of the molecule is C=COCCCNCc1nc2ccccc2n1C. The number of ether oxygens (including phenoxy) is 1. The molecular formula is C14H19N3O. The summed E-state index contributed by atoms with van der Waals surface area (Å²) < 4.78 is 7.19. The second kappa shape index (κ2) is 6.21. The Labute approximate surface area is 107 Å². The molecular weight excluding hydrogens is 226 g/mol. The van der Waals surface area contributed by atoms with Crippen molar-refractivity contribution >= 4 is 11.0 Å². The van der Waals surface area contributed by atoms with Gasteiger partial charge in [0, 0.05) is 7.05 Å². The highest BCUT2D eigenvalue weighted by Crippen LogP contribution is 2.13. The number of aryl methyl sites for hydroxylation is 1. The molecule has 1 aromatic heterocycles. The minimum atomic E-state index is 0.707. The van der Waals surface area contributed by atoms with Gasteiger partial charge in [-0.25, -0.2) is 4.98 Å². The zero-order valence-corrected chi connectivity index (χ0v) is 10.7. The molecule has 4 nitrogen and oxygen atoms in total. The van der Waals surface area contributed by atoms with E-state index in [1.54, 1.807) is 0 Å². The highest BCUT2D eigenvalue weighted by molar-refractivity contribution is 5.75. The second-order valence-electron chi connectivity index (χ2n) is 4.14. The number of imidazole rings is 1. The molecule has 0 spiro atoms. The van der Waals surface area contributed by atoms with Crippen molar-refractivity contribution in [3.8, 4) is 0 Å². The lowest BCUT2D eigenvalue weighted by molar-refractivity contribution is 0.244. The van der Waals surface area contributed by atoms with Crippen LogP contribution in [-0.4, -0.2) is 22.7 Å². The number of para-hydroxylation sites is 2. The molecule has 0 fully saturated rings. The zero-order valence-electron chi connectivity index (χ0n) is 10.7. The summed E-state index contributed by atoms with van der Waals surface area (Å²) in [5.74, 6) is 1.06. The fourth-order valence-corrected chi connectivity index (χ4v) is 1.92. The van der Waals surface area contributed by atoms with E-state index in [1.165, 1.54) is 11.8 Å². The largest absolute Gasteiger partial charge is 0.502 e. The molecule has 0 saturated carbocycles. The van der Waals surface area contributed by atoms with Crippen LogP contribution in [0.3, 0.4) is 0 Å². The minimum Gasteiger partial charge on any atom is -0.502 e. The number of nitrogens with one attached hydrogen (secondary N) is 1. The maximum atomic E-state index is 5.06. The van der Waals surface area contributed by atoms with Gasteiger partial charge in [0.15, 0.2) is 0 Å². The molecule has 0 amide bonds. The van der Waals surface area contributed by atoms with Gasteiger partial charge in [0.2, 0.25) is 0 Å². The molecule has 0 atom stereocenters. The quantitative estimate of drug-likeness (QED) is 0.600. The highest BCUT2D eigenvalue weighted by atomic mass is 16.5. The van der Waals surface area contributed by atoms with Crippen LogP contribution < -0.4 is 5.32 Å². The van der Waals surface area contributed by atoms with Gasteiger partial charge in [-0.3, -0.25) is 0 Å². The van der Waals surface area contributed by atoms with E-state index in [-0.39, 0.29) is 0 Å². The van der Waals surface area contributed by atoms with Crippen LogP contribution in [0.2, 0.25) is 0 Å². The van der Waals surface area contributed by atoms with Crippen molar-refractivity contribution in [2.24, 2.45) is 7.05 Å². The van der Waals surface area contributed by atoms with Gasteiger partial charge in [0.05, 0.1) is 30.4 Å². The van der Waals surface area contributed by atoms with E-state index in [0.29, 0.717) is 6.61 Å². The monoisotopic (exact) mass is 245 g/mol. The molecule has 0 aliphatic carbocycles. The molecule has 2 rings (SSSR count). The van der Waals surface area contributed by atoms with Crippen molar-refractivity contribution in [3.63, 3.8) is 0 Å². The van der Waals surface area contributed by atoms with Gasteiger partial charge in [-0.2, -0.15) is 0 Å². The molecule has 4 heteroatoms. The summed E-state index contributed by atoms with van der Waals surface area (Å²) in [6.07, 6.45) is 2.45. The number of rotatable bonds is 7. The number of benzene rings is 1. The summed E-state index contributed by atoms with van der Waals surface area (Å²) in [4.78, 5) is 4.60. The average Bonchev–Trinajstić information content (AvgIpc) is 2.71. The zero-order chi connectivity index (χ0) is 12.8. The Morgan fingerprint density at radius 3 is 3.06 bits per heavy atom. The summed E-state index contributed by atoms with van der Waals surface area (Å²) in [5, 5.41) is 3.36. The van der Waals surface area contributed by atoms with Crippen LogP contribution in [0.5, 0.6) is 0 Å². The van der Waals surface area contributed by atoms with E-state index in [1.807, 2.05) is 25.2 Å². The fraction of sp³-hybridized carbons (Fsp3) is 0.357. The first-order valence-corrected chi connectivity index (χ1v) is 6.16. The number of nitrogens with zero attached hydrogens (tertiary/aromatic N) is 2. The maximum absolute atomic E-state index is 5.06. The van der Waals surface area contributed by atoms with Crippen molar-refractivity contribution in [1.29, 1.82) is 0 Å². The predicted molar refractivity (Wildman–Crippen MR) is 73.2 cm³/mol. The Kier molecular flexibility index (Phi) is 4.36. The molecule has 0 aliphatic heterocycles. The molecule has 0 aliphatic rings. The Balaban J connectivity index is 1.88. The highest BCUT2D eigenvalue weighted by Gasteiger charge is 2.05. The smallest absolute Gasteiger partial charge is 0.123 e. The van der Waals surface area contributed by atoms with Crippen LogP contribution in [0, 0.1) is 0 Å². The lowest BCUT2D eigenvalue weighted by Gasteiger charge is -2.05. The van der Waals surface area contributed by atoms with E-state index in [4.69, 9.17) is 4.74 Å². The van der Waals surface area contributed by atoms with E-state index in [9.17, 15) is 0 Å². The predicted octanol–water partition coefficient (Wildman–Crippen LogP) is 2.21. The molecule has 2 aromatic rings. The van der Waals surface area contributed by atoms with E-state index >= 15 is 0 Å².